The maximum absolute atomic E-state index is 13.1. The van der Waals surface area contributed by atoms with Crippen molar-refractivity contribution in [3.63, 3.8) is 0 Å². The fourth-order valence-electron chi connectivity index (χ4n) is 4.03. The standard InChI is InChI=1S/C16H23N3O3S/c20-16(15-7-9-17-19(15)13-3-1-2-4-13)18(12-5-6-12)14-8-10-23(21,22)11-14/h7,9,12-14H,1-6,8,10-11H2/t14-/m1/s1. The highest BCUT2D eigenvalue weighted by molar-refractivity contribution is 7.91. The summed E-state index contributed by atoms with van der Waals surface area (Å²) in [7, 11) is -2.99. The lowest BCUT2D eigenvalue weighted by Gasteiger charge is -2.29. The maximum atomic E-state index is 13.1. The Balaban J connectivity index is 1.60. The molecule has 0 aromatic carbocycles. The van der Waals surface area contributed by atoms with Gasteiger partial charge in [-0.15, -0.1) is 0 Å². The van der Waals surface area contributed by atoms with Crippen molar-refractivity contribution in [1.29, 1.82) is 0 Å². The summed E-state index contributed by atoms with van der Waals surface area (Å²) >= 11 is 0. The molecule has 23 heavy (non-hydrogen) atoms. The molecule has 4 rings (SSSR count). The Morgan fingerprint density at radius 2 is 1.87 bits per heavy atom. The molecule has 0 radical (unpaired) electrons. The van der Waals surface area contributed by atoms with Gasteiger partial charge in [0.1, 0.15) is 5.69 Å². The first-order chi connectivity index (χ1) is 11.1. The van der Waals surface area contributed by atoms with Gasteiger partial charge in [0.15, 0.2) is 9.84 Å². The molecule has 1 aromatic heterocycles. The molecule has 0 bridgehead atoms. The van der Waals surface area contributed by atoms with Crippen LogP contribution in [-0.4, -0.2) is 52.6 Å². The van der Waals surface area contributed by atoms with E-state index in [9.17, 15) is 13.2 Å². The average Bonchev–Trinajstić information content (AvgIpc) is 2.96. The van der Waals surface area contributed by atoms with Crippen LogP contribution in [0.4, 0.5) is 0 Å². The van der Waals surface area contributed by atoms with Crippen LogP contribution in [0.1, 0.15) is 61.5 Å². The van der Waals surface area contributed by atoms with Crippen molar-refractivity contribution < 1.29 is 13.2 Å². The predicted octanol–water partition coefficient (Wildman–Crippen LogP) is 1.79. The highest BCUT2D eigenvalue weighted by atomic mass is 32.2. The number of hydrogen-bond acceptors (Lipinski definition) is 4. The molecule has 0 N–H and O–H groups in total. The minimum absolute atomic E-state index is 0.0287. The van der Waals surface area contributed by atoms with E-state index >= 15 is 0 Å². The molecule has 6 nitrogen and oxygen atoms in total. The van der Waals surface area contributed by atoms with Crippen molar-refractivity contribution in [2.75, 3.05) is 11.5 Å². The molecular formula is C16H23N3O3S. The zero-order valence-electron chi connectivity index (χ0n) is 13.2. The van der Waals surface area contributed by atoms with Crippen LogP contribution in [0.2, 0.25) is 0 Å². The number of amides is 1. The summed E-state index contributed by atoms with van der Waals surface area (Å²) in [4.78, 5) is 15.0. The second-order valence-corrected chi connectivity index (χ2v) is 9.33. The van der Waals surface area contributed by atoms with Crippen LogP contribution in [0.25, 0.3) is 0 Å². The lowest BCUT2D eigenvalue weighted by atomic mass is 10.2. The van der Waals surface area contributed by atoms with E-state index in [4.69, 9.17) is 0 Å². The highest BCUT2D eigenvalue weighted by Gasteiger charge is 2.43. The van der Waals surface area contributed by atoms with Gasteiger partial charge in [-0.25, -0.2) is 8.42 Å². The molecule has 1 atom stereocenters. The molecule has 0 unspecified atom stereocenters. The Morgan fingerprint density at radius 3 is 2.48 bits per heavy atom. The van der Waals surface area contributed by atoms with Gasteiger partial charge >= 0.3 is 0 Å². The lowest BCUT2D eigenvalue weighted by molar-refractivity contribution is 0.0665. The van der Waals surface area contributed by atoms with Crippen molar-refractivity contribution in [3.05, 3.63) is 18.0 Å². The van der Waals surface area contributed by atoms with Crippen LogP contribution in [-0.2, 0) is 9.84 Å². The largest absolute Gasteiger partial charge is 0.330 e. The molecule has 1 saturated heterocycles. The minimum atomic E-state index is -2.99. The van der Waals surface area contributed by atoms with Gasteiger partial charge in [0.05, 0.1) is 17.5 Å². The Labute approximate surface area is 136 Å². The number of rotatable bonds is 4. The van der Waals surface area contributed by atoms with Crippen molar-refractivity contribution in [2.24, 2.45) is 0 Å². The van der Waals surface area contributed by atoms with Crippen LogP contribution in [0.15, 0.2) is 12.3 Å². The summed E-state index contributed by atoms with van der Waals surface area (Å²) in [5.74, 6) is 0.294. The zero-order chi connectivity index (χ0) is 16.0. The highest BCUT2D eigenvalue weighted by Crippen LogP contribution is 2.35. The van der Waals surface area contributed by atoms with Crippen LogP contribution in [0, 0.1) is 0 Å². The Kier molecular flexibility index (Phi) is 3.70. The van der Waals surface area contributed by atoms with Gasteiger partial charge in [0, 0.05) is 18.3 Å². The van der Waals surface area contributed by atoms with E-state index in [2.05, 4.69) is 5.10 Å². The molecule has 3 fully saturated rings. The van der Waals surface area contributed by atoms with Crippen molar-refractivity contribution in [1.82, 2.24) is 14.7 Å². The molecule has 7 heteroatoms. The number of carbonyl (C=O) groups is 1. The third-order valence-corrected chi connectivity index (χ3v) is 7.09. The molecule has 1 amide bonds. The normalized spacial score (nSPS) is 27.4. The summed E-state index contributed by atoms with van der Waals surface area (Å²) in [6.07, 6.45) is 8.76. The summed E-state index contributed by atoms with van der Waals surface area (Å²) in [6.45, 7) is 0. The Hall–Kier alpha value is -1.37. The quantitative estimate of drug-likeness (QED) is 0.840. The van der Waals surface area contributed by atoms with Crippen LogP contribution in [0.3, 0.4) is 0 Å². The van der Waals surface area contributed by atoms with Gasteiger partial charge in [-0.2, -0.15) is 5.10 Å². The second-order valence-electron chi connectivity index (χ2n) is 7.10. The SMILES string of the molecule is O=C(c1ccnn1C1CCCC1)N(C1CC1)[C@@H]1CCS(=O)(=O)C1. The van der Waals surface area contributed by atoms with Gasteiger partial charge in [0.25, 0.3) is 5.91 Å². The molecule has 126 valence electrons. The Bertz CT molecular complexity index is 702. The molecule has 1 aliphatic heterocycles. The predicted molar refractivity (Wildman–Crippen MR) is 86.0 cm³/mol. The first-order valence-electron chi connectivity index (χ1n) is 8.62. The summed E-state index contributed by atoms with van der Waals surface area (Å²) in [5.41, 5.74) is 0.632. The van der Waals surface area contributed by atoms with Crippen molar-refractivity contribution >= 4 is 15.7 Å². The van der Waals surface area contributed by atoms with Gasteiger partial charge in [0.2, 0.25) is 0 Å². The summed E-state index contributed by atoms with van der Waals surface area (Å²) in [5, 5.41) is 4.39. The van der Waals surface area contributed by atoms with E-state index in [0.29, 0.717) is 18.2 Å². The van der Waals surface area contributed by atoms with Gasteiger partial charge < -0.3 is 4.90 Å². The first-order valence-corrected chi connectivity index (χ1v) is 10.4. The molecule has 0 spiro atoms. The van der Waals surface area contributed by atoms with E-state index in [1.807, 2.05) is 9.58 Å². The van der Waals surface area contributed by atoms with Gasteiger partial charge in [-0.05, 0) is 38.2 Å². The van der Waals surface area contributed by atoms with Crippen molar-refractivity contribution in [3.8, 4) is 0 Å². The number of carbonyl (C=O) groups excluding carboxylic acids is 1. The minimum Gasteiger partial charge on any atom is -0.330 e. The fourth-order valence-corrected chi connectivity index (χ4v) is 5.74. The van der Waals surface area contributed by atoms with Crippen LogP contribution >= 0.6 is 0 Å². The van der Waals surface area contributed by atoms with E-state index in [-0.39, 0.29) is 29.5 Å². The second kappa shape index (κ2) is 5.61. The molecule has 1 aromatic rings. The number of aromatic nitrogens is 2. The number of hydrogen-bond donors (Lipinski definition) is 0. The van der Waals surface area contributed by atoms with E-state index < -0.39 is 9.84 Å². The van der Waals surface area contributed by atoms with Gasteiger partial charge in [-0.3, -0.25) is 9.48 Å². The Morgan fingerprint density at radius 1 is 1.13 bits per heavy atom. The third kappa shape index (κ3) is 2.91. The lowest BCUT2D eigenvalue weighted by Crippen LogP contribution is -2.43. The first kappa shape index (κ1) is 15.2. The number of sulfone groups is 1. The summed E-state index contributed by atoms with van der Waals surface area (Å²) in [6, 6.07) is 2.16. The maximum Gasteiger partial charge on any atom is 0.272 e. The molecule has 2 aliphatic carbocycles. The fraction of sp³-hybridized carbons (Fsp3) is 0.750. The van der Waals surface area contributed by atoms with Gasteiger partial charge in [-0.1, -0.05) is 12.8 Å². The van der Waals surface area contributed by atoms with E-state index in [0.717, 1.165) is 25.7 Å². The average molecular weight is 337 g/mol. The smallest absolute Gasteiger partial charge is 0.272 e. The van der Waals surface area contributed by atoms with Crippen LogP contribution < -0.4 is 0 Å². The van der Waals surface area contributed by atoms with Crippen molar-refractivity contribution in [2.45, 2.75) is 63.1 Å². The third-order valence-electron chi connectivity index (χ3n) is 5.34. The van der Waals surface area contributed by atoms with Crippen LogP contribution in [0.5, 0.6) is 0 Å². The van der Waals surface area contributed by atoms with E-state index in [1.54, 1.807) is 12.3 Å². The zero-order valence-corrected chi connectivity index (χ0v) is 14.0. The summed E-state index contributed by atoms with van der Waals surface area (Å²) < 4.78 is 25.5. The molecule has 2 saturated carbocycles. The molecule has 3 aliphatic rings. The monoisotopic (exact) mass is 337 g/mol. The molecular weight excluding hydrogens is 314 g/mol. The topological polar surface area (TPSA) is 72.3 Å². The van der Waals surface area contributed by atoms with E-state index in [1.165, 1.54) is 12.8 Å². The molecule has 2 heterocycles. The number of nitrogens with zero attached hydrogens (tertiary/aromatic N) is 3.